The van der Waals surface area contributed by atoms with E-state index in [0.29, 0.717) is 19.3 Å². The fourth-order valence-corrected chi connectivity index (χ4v) is 2.64. The van der Waals surface area contributed by atoms with Crippen molar-refractivity contribution in [2.24, 2.45) is 11.8 Å². The maximum absolute atomic E-state index is 12.0. The van der Waals surface area contributed by atoms with Crippen LogP contribution >= 0.6 is 0 Å². The molecule has 1 heterocycles. The number of likely N-dealkylation sites (tertiary alicyclic amines) is 1. The number of nitrogens with zero attached hydrogens (tertiary/aromatic N) is 1. The highest BCUT2D eigenvalue weighted by molar-refractivity contribution is 5.81. The summed E-state index contributed by atoms with van der Waals surface area (Å²) in [5.41, 5.74) is 0. The molecule has 17 heavy (non-hydrogen) atoms. The van der Waals surface area contributed by atoms with Crippen LogP contribution in [0.3, 0.4) is 0 Å². The predicted molar refractivity (Wildman–Crippen MR) is 57.1 cm³/mol. The molecular formula is C11H17NO5. The van der Waals surface area contributed by atoms with Gasteiger partial charge in [0.25, 0.3) is 0 Å². The van der Waals surface area contributed by atoms with E-state index in [4.69, 9.17) is 5.11 Å². The summed E-state index contributed by atoms with van der Waals surface area (Å²) in [4.78, 5) is 24.2. The lowest BCUT2D eigenvalue weighted by Crippen LogP contribution is -2.34. The Morgan fingerprint density at radius 1 is 1.00 bits per heavy atom. The van der Waals surface area contributed by atoms with E-state index in [-0.39, 0.29) is 24.9 Å². The van der Waals surface area contributed by atoms with Gasteiger partial charge < -0.3 is 20.2 Å². The maximum atomic E-state index is 12.0. The van der Waals surface area contributed by atoms with Crippen LogP contribution in [-0.2, 0) is 9.59 Å². The van der Waals surface area contributed by atoms with Crippen LogP contribution in [0.4, 0.5) is 0 Å². The number of amides is 1. The zero-order chi connectivity index (χ0) is 12.6. The number of aliphatic hydroxyl groups is 2. The average Bonchev–Trinajstić information content (AvgIpc) is 2.86. The molecule has 6 nitrogen and oxygen atoms in total. The van der Waals surface area contributed by atoms with E-state index in [1.165, 1.54) is 4.90 Å². The summed E-state index contributed by atoms with van der Waals surface area (Å²) in [6.45, 7) is 0.294. The third-order valence-electron chi connectivity index (χ3n) is 3.70. The minimum atomic E-state index is -0.879. The molecule has 2 rings (SSSR count). The number of carbonyl (C=O) groups is 2. The number of aliphatic hydroxyl groups excluding tert-OH is 2. The minimum absolute atomic E-state index is 0.135. The van der Waals surface area contributed by atoms with E-state index in [9.17, 15) is 19.8 Å². The second-order valence-corrected chi connectivity index (χ2v) is 4.92. The number of hydrogen-bond acceptors (Lipinski definition) is 4. The van der Waals surface area contributed by atoms with Crippen LogP contribution < -0.4 is 0 Å². The zero-order valence-electron chi connectivity index (χ0n) is 9.45. The zero-order valence-corrected chi connectivity index (χ0v) is 9.45. The number of aliphatic carboxylic acids is 1. The van der Waals surface area contributed by atoms with Crippen LogP contribution in [0.5, 0.6) is 0 Å². The van der Waals surface area contributed by atoms with Crippen LogP contribution in [0.2, 0.25) is 0 Å². The predicted octanol–water partition coefficient (Wildman–Crippen LogP) is -0.949. The quantitative estimate of drug-likeness (QED) is 0.581. The molecule has 6 heteroatoms. The number of β-amino-alcohol motifs (C(OH)–C–C–N with tert-alkyl or cyclic N) is 2. The first-order valence-electron chi connectivity index (χ1n) is 5.86. The van der Waals surface area contributed by atoms with E-state index in [2.05, 4.69) is 0 Å². The summed E-state index contributed by atoms with van der Waals surface area (Å²) in [7, 11) is 0. The number of carbonyl (C=O) groups excluding carboxylic acids is 1. The normalized spacial score (nSPS) is 37.4. The van der Waals surface area contributed by atoms with Crippen molar-refractivity contribution in [3.63, 3.8) is 0 Å². The van der Waals surface area contributed by atoms with E-state index in [0.717, 1.165) is 0 Å². The molecule has 0 bridgehead atoms. The molecule has 1 saturated carbocycles. The summed E-state index contributed by atoms with van der Waals surface area (Å²) < 4.78 is 0. The highest BCUT2D eigenvalue weighted by atomic mass is 16.4. The SMILES string of the molecule is O=C(O)C1CCC(C(=O)N2CC(O)C(O)C2)C1. The van der Waals surface area contributed by atoms with E-state index in [1.54, 1.807) is 0 Å². The molecule has 1 saturated heterocycles. The van der Waals surface area contributed by atoms with Gasteiger partial charge in [0.15, 0.2) is 0 Å². The molecule has 0 aromatic carbocycles. The first-order valence-corrected chi connectivity index (χ1v) is 5.86. The fourth-order valence-electron chi connectivity index (χ4n) is 2.64. The second-order valence-electron chi connectivity index (χ2n) is 4.92. The standard InChI is InChI=1S/C11H17NO5/c13-8-4-12(5-9(8)14)10(15)6-1-2-7(3-6)11(16)17/h6-9,13-14H,1-5H2,(H,16,17). The van der Waals surface area contributed by atoms with Gasteiger partial charge in [0, 0.05) is 19.0 Å². The number of hydrogen-bond donors (Lipinski definition) is 3. The van der Waals surface area contributed by atoms with Gasteiger partial charge in [-0.15, -0.1) is 0 Å². The van der Waals surface area contributed by atoms with Gasteiger partial charge in [-0.1, -0.05) is 0 Å². The van der Waals surface area contributed by atoms with Crippen LogP contribution in [0.15, 0.2) is 0 Å². The summed E-state index contributed by atoms with van der Waals surface area (Å²) in [6, 6.07) is 0. The summed E-state index contributed by atoms with van der Waals surface area (Å²) in [5.74, 6) is -1.68. The van der Waals surface area contributed by atoms with Crippen LogP contribution in [-0.4, -0.2) is 57.4 Å². The van der Waals surface area contributed by atoms with Crippen molar-refractivity contribution in [3.8, 4) is 0 Å². The van der Waals surface area contributed by atoms with Gasteiger partial charge in [-0.25, -0.2) is 0 Å². The molecule has 0 aromatic rings. The molecule has 3 N–H and O–H groups in total. The smallest absolute Gasteiger partial charge is 0.306 e. The summed E-state index contributed by atoms with van der Waals surface area (Å²) in [5, 5.41) is 27.6. The molecule has 0 radical (unpaired) electrons. The number of carboxylic acid groups (broad SMARTS) is 1. The van der Waals surface area contributed by atoms with Crippen molar-refractivity contribution in [1.29, 1.82) is 0 Å². The van der Waals surface area contributed by atoms with Crippen LogP contribution in [0, 0.1) is 11.8 Å². The maximum Gasteiger partial charge on any atom is 0.306 e. The van der Waals surface area contributed by atoms with E-state index in [1.807, 2.05) is 0 Å². The Morgan fingerprint density at radius 3 is 2.00 bits per heavy atom. The van der Waals surface area contributed by atoms with Gasteiger partial charge in [0.1, 0.15) is 0 Å². The topological polar surface area (TPSA) is 98.1 Å². The summed E-state index contributed by atoms with van der Waals surface area (Å²) >= 11 is 0. The van der Waals surface area contributed by atoms with Crippen molar-refractivity contribution < 1.29 is 24.9 Å². The number of carboxylic acids is 1. The van der Waals surface area contributed by atoms with Crippen LogP contribution in [0.1, 0.15) is 19.3 Å². The van der Waals surface area contributed by atoms with E-state index < -0.39 is 24.1 Å². The first-order chi connectivity index (χ1) is 7.99. The van der Waals surface area contributed by atoms with Crippen molar-refractivity contribution in [1.82, 2.24) is 4.90 Å². The van der Waals surface area contributed by atoms with Crippen molar-refractivity contribution in [2.45, 2.75) is 31.5 Å². The molecular weight excluding hydrogens is 226 g/mol. The van der Waals surface area contributed by atoms with Gasteiger partial charge in [-0.05, 0) is 19.3 Å². The molecule has 4 atom stereocenters. The summed E-state index contributed by atoms with van der Waals surface area (Å²) in [6.07, 6.45) is -0.272. The van der Waals surface area contributed by atoms with Crippen LogP contribution in [0.25, 0.3) is 0 Å². The molecule has 2 aliphatic rings. The van der Waals surface area contributed by atoms with E-state index >= 15 is 0 Å². The largest absolute Gasteiger partial charge is 0.481 e. The first kappa shape index (κ1) is 12.3. The Kier molecular flexibility index (Phi) is 3.35. The van der Waals surface area contributed by atoms with Gasteiger partial charge >= 0.3 is 5.97 Å². The Labute approximate surface area is 98.8 Å². The highest BCUT2D eigenvalue weighted by Gasteiger charge is 2.39. The van der Waals surface area contributed by atoms with Crippen molar-refractivity contribution >= 4 is 11.9 Å². The Hall–Kier alpha value is -1.14. The van der Waals surface area contributed by atoms with Crippen molar-refractivity contribution in [2.75, 3.05) is 13.1 Å². The molecule has 1 aliphatic carbocycles. The molecule has 4 unspecified atom stereocenters. The lowest BCUT2D eigenvalue weighted by atomic mass is 10.0. The van der Waals surface area contributed by atoms with Gasteiger partial charge in [0.05, 0.1) is 18.1 Å². The third-order valence-corrected chi connectivity index (χ3v) is 3.70. The fraction of sp³-hybridized carbons (Fsp3) is 0.818. The molecule has 2 fully saturated rings. The molecule has 1 amide bonds. The Bertz CT molecular complexity index is 322. The van der Waals surface area contributed by atoms with Gasteiger partial charge in [-0.3, -0.25) is 9.59 Å². The highest BCUT2D eigenvalue weighted by Crippen LogP contribution is 2.33. The molecule has 0 spiro atoms. The lowest BCUT2D eigenvalue weighted by Gasteiger charge is -2.19. The molecule has 96 valence electrons. The third kappa shape index (κ3) is 2.42. The molecule has 0 aromatic heterocycles. The lowest BCUT2D eigenvalue weighted by molar-refractivity contribution is -0.141. The minimum Gasteiger partial charge on any atom is -0.481 e. The molecule has 1 aliphatic heterocycles. The average molecular weight is 243 g/mol. The van der Waals surface area contributed by atoms with Gasteiger partial charge in [-0.2, -0.15) is 0 Å². The monoisotopic (exact) mass is 243 g/mol. The Balaban J connectivity index is 1.92. The second kappa shape index (κ2) is 4.62. The Morgan fingerprint density at radius 2 is 1.53 bits per heavy atom. The van der Waals surface area contributed by atoms with Gasteiger partial charge in [0.2, 0.25) is 5.91 Å². The van der Waals surface area contributed by atoms with Crippen molar-refractivity contribution in [3.05, 3.63) is 0 Å². The number of rotatable bonds is 2.